The van der Waals surface area contributed by atoms with E-state index < -0.39 is 11.4 Å². The summed E-state index contributed by atoms with van der Waals surface area (Å²) in [6.45, 7) is 9.62. The molecule has 2 N–H and O–H groups in total. The quantitative estimate of drug-likeness (QED) is 0.782. The molecule has 2 aliphatic heterocycles. The molecule has 10 nitrogen and oxygen atoms in total. The van der Waals surface area contributed by atoms with Crippen LogP contribution in [0.5, 0.6) is 6.01 Å². The van der Waals surface area contributed by atoms with Crippen LogP contribution in [0.15, 0.2) is 6.20 Å². The molecule has 0 radical (unpaired) electrons. The summed E-state index contributed by atoms with van der Waals surface area (Å²) >= 11 is 0. The van der Waals surface area contributed by atoms with E-state index in [-0.39, 0.29) is 17.9 Å². The van der Waals surface area contributed by atoms with E-state index in [1.54, 1.807) is 6.92 Å². The fourth-order valence-electron chi connectivity index (χ4n) is 3.84. The number of hydrogen-bond donors (Lipinski definition) is 2. The van der Waals surface area contributed by atoms with Gasteiger partial charge in [-0.25, -0.2) is 14.2 Å². The topological polar surface area (TPSA) is 103 Å². The fourth-order valence-corrected chi connectivity index (χ4v) is 3.84. The van der Waals surface area contributed by atoms with Crippen molar-refractivity contribution < 1.29 is 13.9 Å². The molecule has 30 heavy (non-hydrogen) atoms. The minimum absolute atomic E-state index is 0.00417. The Hall–Kier alpha value is -2.95. The maximum Gasteiger partial charge on any atom is 0.321 e. The number of carbonyl (C=O) groups excluding carboxylic acids is 1. The van der Waals surface area contributed by atoms with Crippen LogP contribution in [0.25, 0.3) is 0 Å². The molecule has 0 aromatic carbocycles. The Morgan fingerprint density at radius 2 is 2.03 bits per heavy atom. The van der Waals surface area contributed by atoms with E-state index in [0.717, 1.165) is 30.5 Å². The first-order valence-corrected chi connectivity index (χ1v) is 10.1. The normalized spacial score (nSPS) is 18.4. The number of carbonyl (C=O) groups is 1. The lowest BCUT2D eigenvalue weighted by atomic mass is 10.0. The highest BCUT2D eigenvalue weighted by molar-refractivity contribution is 5.77. The van der Waals surface area contributed by atoms with Gasteiger partial charge in [-0.2, -0.15) is 10.1 Å². The van der Waals surface area contributed by atoms with Gasteiger partial charge in [0.25, 0.3) is 0 Å². The number of amides is 2. The molecule has 11 heteroatoms. The van der Waals surface area contributed by atoms with Crippen molar-refractivity contribution >= 4 is 17.7 Å². The van der Waals surface area contributed by atoms with E-state index in [1.807, 2.05) is 23.6 Å². The van der Waals surface area contributed by atoms with Gasteiger partial charge in [0.2, 0.25) is 0 Å². The van der Waals surface area contributed by atoms with E-state index in [2.05, 4.69) is 37.4 Å². The SMILES string of the molecule is CCOc1ncc(F)c(Nc2n[nH]c3c2CN(C(=O)N2CCN(C)CC2)C3(C)C)n1. The van der Waals surface area contributed by atoms with Gasteiger partial charge < -0.3 is 24.8 Å². The number of hydrogen-bond acceptors (Lipinski definition) is 7. The average molecular weight is 418 g/mol. The van der Waals surface area contributed by atoms with Gasteiger partial charge in [0.15, 0.2) is 17.5 Å². The average Bonchev–Trinajstić information content (AvgIpc) is 3.23. The van der Waals surface area contributed by atoms with Crippen molar-refractivity contribution in [2.45, 2.75) is 32.9 Å². The molecule has 0 unspecified atom stereocenters. The Kier molecular flexibility index (Phi) is 5.22. The van der Waals surface area contributed by atoms with Crippen molar-refractivity contribution in [3.8, 4) is 6.01 Å². The smallest absolute Gasteiger partial charge is 0.321 e. The molecule has 162 valence electrons. The largest absolute Gasteiger partial charge is 0.464 e. The zero-order valence-electron chi connectivity index (χ0n) is 17.7. The number of fused-ring (bicyclic) bond motifs is 1. The van der Waals surface area contributed by atoms with Crippen LogP contribution >= 0.6 is 0 Å². The Balaban J connectivity index is 1.56. The van der Waals surface area contributed by atoms with Crippen LogP contribution in [-0.2, 0) is 12.1 Å². The predicted molar refractivity (Wildman–Crippen MR) is 108 cm³/mol. The Morgan fingerprint density at radius 3 is 2.73 bits per heavy atom. The van der Waals surface area contributed by atoms with E-state index in [9.17, 15) is 9.18 Å². The van der Waals surface area contributed by atoms with Gasteiger partial charge in [-0.3, -0.25) is 5.10 Å². The molecule has 0 atom stereocenters. The molecular weight excluding hydrogens is 391 g/mol. The fraction of sp³-hybridized carbons (Fsp3) is 0.579. The number of nitrogens with zero attached hydrogens (tertiary/aromatic N) is 6. The van der Waals surface area contributed by atoms with Gasteiger partial charge in [0.1, 0.15) is 0 Å². The second-order valence-corrected chi connectivity index (χ2v) is 8.05. The standard InChI is InChI=1S/C19H27FN8O2/c1-5-30-17-21-10-13(20)16(23-17)22-15-12-11-28(19(2,3)14(12)24-25-15)18(29)27-8-6-26(4)7-9-27/h10H,5-9,11H2,1-4H3,(H2,21,22,23,24,25). The summed E-state index contributed by atoms with van der Waals surface area (Å²) in [6.07, 6.45) is 1.06. The van der Waals surface area contributed by atoms with Crippen LogP contribution in [-0.4, -0.2) is 80.7 Å². The third-order valence-electron chi connectivity index (χ3n) is 5.71. The molecule has 2 amide bonds. The summed E-state index contributed by atoms with van der Waals surface area (Å²) in [7, 11) is 2.05. The van der Waals surface area contributed by atoms with Gasteiger partial charge in [-0.15, -0.1) is 0 Å². The van der Waals surface area contributed by atoms with E-state index in [4.69, 9.17) is 4.74 Å². The van der Waals surface area contributed by atoms with Crippen LogP contribution < -0.4 is 10.1 Å². The number of aromatic nitrogens is 4. The summed E-state index contributed by atoms with van der Waals surface area (Å²) < 4.78 is 19.5. The lowest BCUT2D eigenvalue weighted by Gasteiger charge is -2.39. The molecule has 0 bridgehead atoms. The molecule has 0 aliphatic carbocycles. The first-order valence-electron chi connectivity index (χ1n) is 10.1. The summed E-state index contributed by atoms with van der Waals surface area (Å²) in [6, 6.07) is 0.0799. The van der Waals surface area contributed by atoms with Gasteiger partial charge in [0.05, 0.1) is 30.6 Å². The van der Waals surface area contributed by atoms with Gasteiger partial charge in [0, 0.05) is 31.7 Å². The number of rotatable bonds is 4. The van der Waals surface area contributed by atoms with Crippen LogP contribution in [0, 0.1) is 5.82 Å². The van der Waals surface area contributed by atoms with Gasteiger partial charge in [-0.1, -0.05) is 0 Å². The highest BCUT2D eigenvalue weighted by atomic mass is 19.1. The number of ether oxygens (including phenoxy) is 1. The van der Waals surface area contributed by atoms with Crippen molar-refractivity contribution in [3.05, 3.63) is 23.3 Å². The molecule has 0 spiro atoms. The Bertz CT molecular complexity index is 939. The summed E-state index contributed by atoms with van der Waals surface area (Å²) in [5.41, 5.74) is 1.08. The lowest BCUT2D eigenvalue weighted by molar-refractivity contribution is 0.0881. The third kappa shape index (κ3) is 3.53. The third-order valence-corrected chi connectivity index (χ3v) is 5.71. The predicted octanol–water partition coefficient (Wildman–Crippen LogP) is 1.90. The molecule has 2 aromatic rings. The Morgan fingerprint density at radius 1 is 1.30 bits per heavy atom. The summed E-state index contributed by atoms with van der Waals surface area (Å²) in [5, 5.41) is 10.2. The van der Waals surface area contributed by atoms with Crippen LogP contribution in [0.4, 0.5) is 20.8 Å². The maximum absolute atomic E-state index is 14.2. The number of piperazine rings is 1. The van der Waals surface area contributed by atoms with Crippen LogP contribution in [0.2, 0.25) is 0 Å². The number of nitrogens with one attached hydrogen (secondary N) is 2. The van der Waals surface area contributed by atoms with E-state index >= 15 is 0 Å². The molecule has 0 saturated carbocycles. The highest BCUT2D eigenvalue weighted by Crippen LogP contribution is 2.41. The number of aromatic amines is 1. The summed E-state index contributed by atoms with van der Waals surface area (Å²) in [5.74, 6) is -0.200. The Labute approximate surface area is 174 Å². The van der Waals surface area contributed by atoms with Crippen molar-refractivity contribution in [3.63, 3.8) is 0 Å². The molecule has 4 heterocycles. The molecule has 2 aromatic heterocycles. The maximum atomic E-state index is 14.2. The van der Waals surface area contributed by atoms with Crippen molar-refractivity contribution in [2.75, 3.05) is 45.2 Å². The van der Waals surface area contributed by atoms with Crippen LogP contribution in [0.1, 0.15) is 32.0 Å². The van der Waals surface area contributed by atoms with Crippen LogP contribution in [0.3, 0.4) is 0 Å². The van der Waals surface area contributed by atoms with Crippen molar-refractivity contribution in [1.29, 1.82) is 0 Å². The zero-order valence-corrected chi connectivity index (χ0v) is 17.7. The number of anilines is 2. The molecule has 1 saturated heterocycles. The molecular formula is C19H27FN8O2. The molecule has 4 rings (SSSR count). The van der Waals surface area contributed by atoms with E-state index in [0.29, 0.717) is 32.1 Å². The van der Waals surface area contributed by atoms with Gasteiger partial charge >= 0.3 is 12.0 Å². The number of urea groups is 1. The van der Waals surface area contributed by atoms with E-state index in [1.165, 1.54) is 0 Å². The highest BCUT2D eigenvalue weighted by Gasteiger charge is 2.45. The van der Waals surface area contributed by atoms with Crippen molar-refractivity contribution in [1.82, 2.24) is 34.9 Å². The summed E-state index contributed by atoms with van der Waals surface area (Å²) in [4.78, 5) is 27.0. The number of H-pyrrole nitrogens is 1. The first-order chi connectivity index (χ1) is 14.3. The number of likely N-dealkylation sites (N-methyl/N-ethyl adjacent to an activating group) is 1. The second-order valence-electron chi connectivity index (χ2n) is 8.05. The molecule has 1 fully saturated rings. The zero-order chi connectivity index (χ0) is 21.5. The van der Waals surface area contributed by atoms with Gasteiger partial charge in [-0.05, 0) is 27.8 Å². The minimum Gasteiger partial charge on any atom is -0.464 e. The first kappa shape index (κ1) is 20.3. The monoisotopic (exact) mass is 418 g/mol. The lowest BCUT2D eigenvalue weighted by Crippen LogP contribution is -2.54. The second kappa shape index (κ2) is 7.71. The van der Waals surface area contributed by atoms with Crippen molar-refractivity contribution in [2.24, 2.45) is 0 Å². The molecule has 2 aliphatic rings. The number of halogens is 1. The minimum atomic E-state index is -0.613.